The van der Waals surface area contributed by atoms with Gasteiger partial charge in [0, 0.05) is 31.0 Å². The third-order valence-electron chi connectivity index (χ3n) is 2.93. The van der Waals surface area contributed by atoms with Gasteiger partial charge in [0.2, 0.25) is 0 Å². The number of aromatic nitrogens is 1. The van der Waals surface area contributed by atoms with Crippen molar-refractivity contribution >= 4 is 5.97 Å². The lowest BCUT2D eigenvalue weighted by Crippen LogP contribution is -2.35. The Morgan fingerprint density at radius 1 is 1.35 bits per heavy atom. The first-order chi connectivity index (χ1) is 8.02. The van der Waals surface area contributed by atoms with Gasteiger partial charge in [-0.25, -0.2) is 0 Å². The van der Waals surface area contributed by atoms with E-state index in [-0.39, 0.29) is 12.5 Å². The molecule has 94 valence electrons. The molecule has 1 aromatic rings. The van der Waals surface area contributed by atoms with Crippen LogP contribution in [0.3, 0.4) is 0 Å². The maximum Gasteiger partial charge on any atom is 0.304 e. The van der Waals surface area contributed by atoms with Gasteiger partial charge in [-0.1, -0.05) is 0 Å². The number of carboxylic acids is 1. The molecule has 0 amide bonds. The first-order valence-electron chi connectivity index (χ1n) is 5.90. The third-order valence-corrected chi connectivity index (χ3v) is 2.93. The predicted molar refractivity (Wildman–Crippen MR) is 66.7 cm³/mol. The summed E-state index contributed by atoms with van der Waals surface area (Å²) in [4.78, 5) is 16.8. The number of carboxylic acid groups (broad SMARTS) is 1. The molecule has 1 N–H and O–H groups in total. The molecule has 1 rings (SSSR count). The van der Waals surface area contributed by atoms with Gasteiger partial charge in [0.25, 0.3) is 0 Å². The van der Waals surface area contributed by atoms with Crippen LogP contribution in [0.2, 0.25) is 0 Å². The second-order valence-corrected chi connectivity index (χ2v) is 4.43. The first-order valence-corrected chi connectivity index (χ1v) is 5.90. The van der Waals surface area contributed by atoms with Crippen LogP contribution >= 0.6 is 0 Å². The van der Waals surface area contributed by atoms with Crippen LogP contribution in [0.5, 0.6) is 0 Å². The van der Waals surface area contributed by atoms with Gasteiger partial charge in [-0.15, -0.1) is 0 Å². The van der Waals surface area contributed by atoms with Gasteiger partial charge in [-0.05, 0) is 38.5 Å². The molecule has 0 aliphatic carbocycles. The highest BCUT2D eigenvalue weighted by Crippen LogP contribution is 2.21. The van der Waals surface area contributed by atoms with Crippen molar-refractivity contribution in [3.63, 3.8) is 0 Å². The van der Waals surface area contributed by atoms with Crippen LogP contribution in [-0.4, -0.2) is 33.5 Å². The molecule has 0 radical (unpaired) electrons. The molecule has 0 bridgehead atoms. The molecule has 0 fully saturated rings. The van der Waals surface area contributed by atoms with E-state index in [0.29, 0.717) is 12.6 Å². The van der Waals surface area contributed by atoms with E-state index >= 15 is 0 Å². The maximum atomic E-state index is 10.6. The van der Waals surface area contributed by atoms with Gasteiger partial charge in [0.15, 0.2) is 0 Å². The van der Waals surface area contributed by atoms with E-state index in [2.05, 4.69) is 30.7 Å². The molecule has 0 aliphatic heterocycles. The highest BCUT2D eigenvalue weighted by Gasteiger charge is 2.19. The van der Waals surface area contributed by atoms with Gasteiger partial charge >= 0.3 is 5.97 Å². The fraction of sp³-hybridized carbons (Fsp3) is 0.538. The summed E-state index contributed by atoms with van der Waals surface area (Å²) in [5.41, 5.74) is 1.17. The molecule has 0 saturated carbocycles. The Labute approximate surface area is 102 Å². The molecule has 17 heavy (non-hydrogen) atoms. The fourth-order valence-electron chi connectivity index (χ4n) is 1.96. The van der Waals surface area contributed by atoms with E-state index in [1.807, 2.05) is 12.1 Å². The Bertz CT molecular complexity index is 352. The number of pyridine rings is 1. The van der Waals surface area contributed by atoms with Gasteiger partial charge < -0.3 is 5.11 Å². The molecule has 1 unspecified atom stereocenters. The Kier molecular flexibility index (Phi) is 5.10. The molecule has 4 heteroatoms. The summed E-state index contributed by atoms with van der Waals surface area (Å²) in [6.45, 7) is 6.83. The minimum absolute atomic E-state index is 0.174. The fourth-order valence-corrected chi connectivity index (χ4v) is 1.96. The van der Waals surface area contributed by atoms with Crippen molar-refractivity contribution in [3.05, 3.63) is 30.1 Å². The van der Waals surface area contributed by atoms with Crippen LogP contribution in [0.25, 0.3) is 0 Å². The van der Waals surface area contributed by atoms with E-state index in [0.717, 1.165) is 0 Å². The highest BCUT2D eigenvalue weighted by molar-refractivity contribution is 5.66. The Morgan fingerprint density at radius 2 is 1.94 bits per heavy atom. The molecular formula is C13H20N2O2. The van der Waals surface area contributed by atoms with Gasteiger partial charge in [0.05, 0.1) is 6.42 Å². The zero-order chi connectivity index (χ0) is 12.8. The standard InChI is InChI=1S/C13H20N2O2/c1-10(2)15(9-6-13(16)17)11(3)12-4-7-14-8-5-12/h4-5,7-8,10-11H,6,9H2,1-3H3,(H,16,17). The average molecular weight is 236 g/mol. The minimum Gasteiger partial charge on any atom is -0.481 e. The number of carbonyl (C=O) groups is 1. The van der Waals surface area contributed by atoms with Gasteiger partial charge in [-0.2, -0.15) is 0 Å². The first kappa shape index (κ1) is 13.6. The van der Waals surface area contributed by atoms with Crippen molar-refractivity contribution in [2.24, 2.45) is 0 Å². The summed E-state index contributed by atoms with van der Waals surface area (Å²) in [7, 11) is 0. The van der Waals surface area contributed by atoms with Crippen LogP contribution in [0, 0.1) is 0 Å². The number of nitrogens with zero attached hydrogens (tertiary/aromatic N) is 2. The van der Waals surface area contributed by atoms with Crippen LogP contribution in [0.4, 0.5) is 0 Å². The number of hydrogen-bond acceptors (Lipinski definition) is 3. The topological polar surface area (TPSA) is 53.4 Å². The summed E-state index contributed by atoms with van der Waals surface area (Å²) in [6, 6.07) is 4.47. The minimum atomic E-state index is -0.752. The lowest BCUT2D eigenvalue weighted by molar-refractivity contribution is -0.137. The largest absolute Gasteiger partial charge is 0.481 e. The Morgan fingerprint density at radius 3 is 2.41 bits per heavy atom. The van der Waals surface area contributed by atoms with E-state index < -0.39 is 5.97 Å². The Hall–Kier alpha value is -1.42. The quantitative estimate of drug-likeness (QED) is 0.823. The number of aliphatic carboxylic acids is 1. The summed E-state index contributed by atoms with van der Waals surface area (Å²) >= 11 is 0. The molecule has 1 aromatic heterocycles. The molecule has 1 heterocycles. The number of rotatable bonds is 6. The van der Waals surface area contributed by atoms with E-state index in [1.165, 1.54) is 5.56 Å². The number of hydrogen-bond donors (Lipinski definition) is 1. The second kappa shape index (κ2) is 6.35. The lowest BCUT2D eigenvalue weighted by Gasteiger charge is -2.32. The molecule has 0 aliphatic rings. The normalized spacial score (nSPS) is 13.0. The molecule has 1 atom stereocenters. The van der Waals surface area contributed by atoms with E-state index in [1.54, 1.807) is 12.4 Å². The van der Waals surface area contributed by atoms with Crippen molar-refractivity contribution in [1.29, 1.82) is 0 Å². The van der Waals surface area contributed by atoms with E-state index in [4.69, 9.17) is 5.11 Å². The molecule has 0 saturated heterocycles. The summed E-state index contributed by atoms with van der Waals surface area (Å²) in [5, 5.41) is 8.76. The monoisotopic (exact) mass is 236 g/mol. The summed E-state index contributed by atoms with van der Waals surface area (Å²) in [6.07, 6.45) is 3.71. The predicted octanol–water partition coefficient (Wildman–Crippen LogP) is 2.33. The summed E-state index contributed by atoms with van der Waals surface area (Å²) < 4.78 is 0. The summed E-state index contributed by atoms with van der Waals surface area (Å²) in [5.74, 6) is -0.752. The van der Waals surface area contributed by atoms with E-state index in [9.17, 15) is 4.79 Å². The molecule has 0 spiro atoms. The average Bonchev–Trinajstić information content (AvgIpc) is 2.29. The van der Waals surface area contributed by atoms with Crippen molar-refractivity contribution < 1.29 is 9.90 Å². The smallest absolute Gasteiger partial charge is 0.304 e. The third kappa shape index (κ3) is 4.15. The zero-order valence-electron chi connectivity index (χ0n) is 10.6. The second-order valence-electron chi connectivity index (χ2n) is 4.43. The van der Waals surface area contributed by atoms with Crippen LogP contribution in [0.1, 0.15) is 38.8 Å². The van der Waals surface area contributed by atoms with Gasteiger partial charge in [-0.3, -0.25) is 14.7 Å². The maximum absolute atomic E-state index is 10.6. The zero-order valence-corrected chi connectivity index (χ0v) is 10.6. The van der Waals surface area contributed by atoms with Crippen LogP contribution in [0.15, 0.2) is 24.5 Å². The SMILES string of the molecule is CC(C)N(CCC(=O)O)C(C)c1ccncc1. The van der Waals surface area contributed by atoms with Crippen LogP contribution in [-0.2, 0) is 4.79 Å². The lowest BCUT2D eigenvalue weighted by atomic mass is 10.1. The van der Waals surface area contributed by atoms with Crippen molar-refractivity contribution in [1.82, 2.24) is 9.88 Å². The molecule has 4 nitrogen and oxygen atoms in total. The molecular weight excluding hydrogens is 216 g/mol. The highest BCUT2D eigenvalue weighted by atomic mass is 16.4. The molecule has 0 aromatic carbocycles. The van der Waals surface area contributed by atoms with Gasteiger partial charge in [0.1, 0.15) is 0 Å². The van der Waals surface area contributed by atoms with Crippen LogP contribution < -0.4 is 0 Å². The van der Waals surface area contributed by atoms with Crippen molar-refractivity contribution in [2.45, 2.75) is 39.3 Å². The van der Waals surface area contributed by atoms with Crippen molar-refractivity contribution in [2.75, 3.05) is 6.54 Å². The Balaban J connectivity index is 2.73. The van der Waals surface area contributed by atoms with Crippen molar-refractivity contribution in [3.8, 4) is 0 Å².